The second kappa shape index (κ2) is 6.08. The Morgan fingerprint density at radius 1 is 1.21 bits per heavy atom. The Labute approximate surface area is 124 Å². The summed E-state index contributed by atoms with van der Waals surface area (Å²) in [5, 5.41) is 3.65. The first-order valence-corrected chi connectivity index (χ1v) is 6.81. The number of nitrogens with one attached hydrogen (secondary N) is 1. The van der Waals surface area contributed by atoms with Crippen molar-refractivity contribution in [2.75, 3.05) is 5.32 Å². The first kappa shape index (κ1) is 13.9. The summed E-state index contributed by atoms with van der Waals surface area (Å²) in [7, 11) is 0. The Balaban J connectivity index is 2.35. The number of primary amides is 1. The van der Waals surface area contributed by atoms with Crippen molar-refractivity contribution in [1.82, 2.24) is 0 Å². The fraction of sp³-hybridized carbons (Fsp3) is 0.0714. The van der Waals surface area contributed by atoms with Crippen LogP contribution in [0.25, 0.3) is 0 Å². The smallest absolute Gasteiger partial charge is 0.244 e. The lowest BCUT2D eigenvalue weighted by atomic mass is 10.1. The van der Waals surface area contributed by atoms with E-state index in [9.17, 15) is 4.79 Å². The molecule has 0 saturated carbocycles. The number of halogens is 2. The van der Waals surface area contributed by atoms with Crippen LogP contribution in [0.2, 0.25) is 5.02 Å². The van der Waals surface area contributed by atoms with Crippen molar-refractivity contribution in [2.24, 2.45) is 5.73 Å². The average molecular weight is 340 g/mol. The minimum Gasteiger partial charge on any atom is -0.370 e. The number of carbonyl (C=O) groups excluding carboxylic acids is 1. The van der Waals surface area contributed by atoms with Crippen LogP contribution >= 0.6 is 27.5 Å². The molecule has 0 bridgehead atoms. The summed E-state index contributed by atoms with van der Waals surface area (Å²) in [6.45, 7) is 0. The highest BCUT2D eigenvalue weighted by Gasteiger charge is 2.20. The fourth-order valence-electron chi connectivity index (χ4n) is 1.74. The van der Waals surface area contributed by atoms with Crippen LogP contribution in [0, 0.1) is 0 Å². The van der Waals surface area contributed by atoms with E-state index in [0.717, 1.165) is 10.2 Å². The van der Waals surface area contributed by atoms with Crippen LogP contribution in [0.5, 0.6) is 0 Å². The Morgan fingerprint density at radius 2 is 1.89 bits per heavy atom. The van der Waals surface area contributed by atoms with Gasteiger partial charge in [0.2, 0.25) is 5.91 Å². The summed E-state index contributed by atoms with van der Waals surface area (Å²) in [5.74, 6) is -0.466. The molecule has 3 nitrogen and oxygen atoms in total. The number of rotatable bonds is 4. The van der Waals surface area contributed by atoms with Gasteiger partial charge >= 0.3 is 0 Å². The van der Waals surface area contributed by atoms with E-state index in [1.54, 1.807) is 18.2 Å². The molecule has 0 radical (unpaired) electrons. The molecule has 0 heterocycles. The van der Waals surface area contributed by atoms with Crippen molar-refractivity contribution in [2.45, 2.75) is 6.04 Å². The van der Waals surface area contributed by atoms with E-state index in [2.05, 4.69) is 21.2 Å². The lowest BCUT2D eigenvalue weighted by Crippen LogP contribution is -2.28. The number of amides is 1. The summed E-state index contributed by atoms with van der Waals surface area (Å²) in [6.07, 6.45) is 0. The quantitative estimate of drug-likeness (QED) is 0.891. The van der Waals surface area contributed by atoms with Crippen molar-refractivity contribution in [1.29, 1.82) is 0 Å². The lowest BCUT2D eigenvalue weighted by Gasteiger charge is -2.18. The molecule has 19 heavy (non-hydrogen) atoms. The minimum atomic E-state index is -0.643. The van der Waals surface area contributed by atoms with E-state index in [4.69, 9.17) is 17.3 Å². The fourth-order valence-corrected chi connectivity index (χ4v) is 2.40. The maximum atomic E-state index is 11.7. The normalized spacial score (nSPS) is 11.9. The molecule has 2 rings (SSSR count). The van der Waals surface area contributed by atoms with Gasteiger partial charge < -0.3 is 11.1 Å². The number of carbonyl (C=O) groups is 1. The molecule has 0 aliphatic heterocycles. The highest BCUT2D eigenvalue weighted by atomic mass is 79.9. The van der Waals surface area contributed by atoms with E-state index in [0.29, 0.717) is 10.6 Å². The highest BCUT2D eigenvalue weighted by Crippen LogP contribution is 2.29. The van der Waals surface area contributed by atoms with E-state index < -0.39 is 11.9 Å². The number of hydrogen-bond acceptors (Lipinski definition) is 2. The van der Waals surface area contributed by atoms with Crippen LogP contribution in [0.1, 0.15) is 11.6 Å². The molecule has 98 valence electrons. The Kier molecular flexibility index (Phi) is 4.45. The SMILES string of the molecule is NC(=O)C(Nc1ccccc1)c1cc(Cl)ccc1Br. The molecule has 3 N–H and O–H groups in total. The van der Waals surface area contributed by atoms with Gasteiger partial charge in [-0.15, -0.1) is 0 Å². The molecule has 0 aliphatic carbocycles. The van der Waals surface area contributed by atoms with Crippen molar-refractivity contribution < 1.29 is 4.79 Å². The van der Waals surface area contributed by atoms with E-state index >= 15 is 0 Å². The monoisotopic (exact) mass is 338 g/mol. The molecule has 1 unspecified atom stereocenters. The number of benzene rings is 2. The summed E-state index contributed by atoms with van der Waals surface area (Å²) in [4.78, 5) is 11.7. The van der Waals surface area contributed by atoms with Crippen molar-refractivity contribution in [3.63, 3.8) is 0 Å². The molecule has 0 aliphatic rings. The molecular formula is C14H12BrClN2O. The number of nitrogens with two attached hydrogens (primary N) is 1. The van der Waals surface area contributed by atoms with Crippen LogP contribution in [0.4, 0.5) is 5.69 Å². The van der Waals surface area contributed by atoms with Crippen molar-refractivity contribution in [3.05, 3.63) is 63.6 Å². The van der Waals surface area contributed by atoms with Crippen molar-refractivity contribution >= 4 is 39.1 Å². The second-order valence-electron chi connectivity index (χ2n) is 4.01. The molecular weight excluding hydrogens is 328 g/mol. The molecule has 2 aromatic carbocycles. The van der Waals surface area contributed by atoms with Gasteiger partial charge in [0.1, 0.15) is 6.04 Å². The van der Waals surface area contributed by atoms with Gasteiger partial charge in [0.25, 0.3) is 0 Å². The molecule has 1 atom stereocenters. The number of hydrogen-bond donors (Lipinski definition) is 2. The number of anilines is 1. The van der Waals surface area contributed by atoms with E-state index in [1.807, 2.05) is 30.3 Å². The number of para-hydroxylation sites is 1. The van der Waals surface area contributed by atoms with Gasteiger partial charge in [-0.25, -0.2) is 0 Å². The summed E-state index contributed by atoms with van der Waals surface area (Å²) in [5.41, 5.74) is 7.00. The average Bonchev–Trinajstić information content (AvgIpc) is 2.40. The maximum absolute atomic E-state index is 11.7. The van der Waals surface area contributed by atoms with Gasteiger partial charge in [-0.1, -0.05) is 45.7 Å². The van der Waals surface area contributed by atoms with Gasteiger partial charge in [0.15, 0.2) is 0 Å². The third-order valence-electron chi connectivity index (χ3n) is 2.64. The highest BCUT2D eigenvalue weighted by molar-refractivity contribution is 9.10. The van der Waals surface area contributed by atoms with Crippen LogP contribution in [-0.2, 0) is 4.79 Å². The zero-order valence-electron chi connectivity index (χ0n) is 9.94. The van der Waals surface area contributed by atoms with Crippen LogP contribution < -0.4 is 11.1 Å². The van der Waals surface area contributed by atoms with Gasteiger partial charge in [-0.05, 0) is 35.9 Å². The Hall–Kier alpha value is -1.52. The van der Waals surface area contributed by atoms with Gasteiger partial charge in [-0.2, -0.15) is 0 Å². The Morgan fingerprint density at radius 3 is 2.53 bits per heavy atom. The predicted octanol–water partition coefficient (Wildman–Crippen LogP) is 3.74. The summed E-state index contributed by atoms with van der Waals surface area (Å²) in [6, 6.07) is 14.0. The zero-order valence-corrected chi connectivity index (χ0v) is 12.3. The first-order valence-electron chi connectivity index (χ1n) is 5.64. The molecule has 5 heteroatoms. The molecule has 1 amide bonds. The summed E-state index contributed by atoms with van der Waals surface area (Å²) >= 11 is 9.37. The van der Waals surface area contributed by atoms with Crippen LogP contribution in [-0.4, -0.2) is 5.91 Å². The third-order valence-corrected chi connectivity index (χ3v) is 3.60. The van der Waals surface area contributed by atoms with Gasteiger partial charge in [-0.3, -0.25) is 4.79 Å². The van der Waals surface area contributed by atoms with Crippen molar-refractivity contribution in [3.8, 4) is 0 Å². The van der Waals surface area contributed by atoms with Crippen LogP contribution in [0.15, 0.2) is 53.0 Å². The third kappa shape index (κ3) is 3.49. The zero-order chi connectivity index (χ0) is 13.8. The van der Waals surface area contributed by atoms with Gasteiger partial charge in [0.05, 0.1) is 0 Å². The van der Waals surface area contributed by atoms with E-state index in [1.165, 1.54) is 0 Å². The molecule has 2 aromatic rings. The molecule has 0 fully saturated rings. The maximum Gasteiger partial charge on any atom is 0.244 e. The Bertz CT molecular complexity index is 589. The first-order chi connectivity index (χ1) is 9.08. The standard InChI is InChI=1S/C14H12BrClN2O/c15-12-7-6-9(16)8-11(12)13(14(17)19)18-10-4-2-1-3-5-10/h1-8,13,18H,(H2,17,19). The molecule has 0 aromatic heterocycles. The minimum absolute atomic E-state index is 0.466. The van der Waals surface area contributed by atoms with E-state index in [-0.39, 0.29) is 0 Å². The summed E-state index contributed by atoms with van der Waals surface area (Å²) < 4.78 is 0.782. The van der Waals surface area contributed by atoms with Gasteiger partial charge in [0, 0.05) is 15.2 Å². The predicted molar refractivity (Wildman–Crippen MR) is 81.2 cm³/mol. The second-order valence-corrected chi connectivity index (χ2v) is 5.30. The van der Waals surface area contributed by atoms with Crippen LogP contribution in [0.3, 0.4) is 0 Å². The molecule has 0 saturated heterocycles. The largest absolute Gasteiger partial charge is 0.370 e. The molecule has 0 spiro atoms. The topological polar surface area (TPSA) is 55.1 Å². The lowest BCUT2D eigenvalue weighted by molar-refractivity contribution is -0.118.